The van der Waals surface area contributed by atoms with Crippen LogP contribution in [0.1, 0.15) is 20.8 Å². The molecule has 0 saturated carbocycles. The summed E-state index contributed by atoms with van der Waals surface area (Å²) in [6.45, 7) is 8.99. The van der Waals surface area contributed by atoms with E-state index in [4.69, 9.17) is 0 Å². The van der Waals surface area contributed by atoms with Crippen LogP contribution in [-0.2, 0) is 0 Å². The van der Waals surface area contributed by atoms with Crippen molar-refractivity contribution in [3.05, 3.63) is 0 Å². The van der Waals surface area contributed by atoms with Gasteiger partial charge < -0.3 is 0 Å². The van der Waals surface area contributed by atoms with Gasteiger partial charge >= 0.3 is 0 Å². The van der Waals surface area contributed by atoms with E-state index >= 15 is 0 Å². The Morgan fingerprint density at radius 1 is 1.25 bits per heavy atom. The first-order valence-corrected chi connectivity index (χ1v) is 5.18. The molecule has 0 aromatic rings. The highest BCUT2D eigenvalue weighted by atomic mass is 32.1. The van der Waals surface area contributed by atoms with E-state index in [1.807, 2.05) is 0 Å². The third-order valence-corrected chi connectivity index (χ3v) is 3.24. The predicted octanol–water partition coefficient (Wildman–Crippen LogP) is 1.29. The lowest BCUT2D eigenvalue weighted by Crippen LogP contribution is -2.56. The van der Waals surface area contributed by atoms with Crippen LogP contribution in [0.2, 0.25) is 0 Å². The minimum atomic E-state index is 0.392. The second-order valence-electron chi connectivity index (χ2n) is 3.95. The largest absolute Gasteiger partial charge is 0.298 e. The molecule has 1 saturated heterocycles. The third kappa shape index (κ3) is 2.15. The van der Waals surface area contributed by atoms with Crippen LogP contribution in [0.3, 0.4) is 0 Å². The van der Waals surface area contributed by atoms with E-state index in [-0.39, 0.29) is 0 Å². The molecule has 0 spiro atoms. The van der Waals surface area contributed by atoms with Gasteiger partial charge in [-0.1, -0.05) is 0 Å². The molecule has 72 valence electrons. The maximum atomic E-state index is 4.46. The number of thiol groups is 1. The molecule has 3 atom stereocenters. The summed E-state index contributed by atoms with van der Waals surface area (Å²) in [6.07, 6.45) is 0. The molecule has 1 rings (SSSR count). The van der Waals surface area contributed by atoms with E-state index in [9.17, 15) is 0 Å². The molecule has 1 heterocycles. The number of hydrogen-bond acceptors (Lipinski definition) is 3. The zero-order valence-electron chi connectivity index (χ0n) is 8.49. The van der Waals surface area contributed by atoms with Crippen LogP contribution in [0.5, 0.6) is 0 Å². The standard InChI is InChI=1S/C9H20N2S/c1-7-5-11(9(3)12)6-8(2)10(7)4/h7-9,12H,5-6H2,1-4H3. The molecule has 0 amide bonds. The number of rotatable bonds is 1. The van der Waals surface area contributed by atoms with Crippen molar-refractivity contribution in [2.75, 3.05) is 20.1 Å². The first-order chi connectivity index (χ1) is 5.52. The summed E-state index contributed by atoms with van der Waals surface area (Å²) >= 11 is 4.46. The molecular weight excluding hydrogens is 168 g/mol. The zero-order chi connectivity index (χ0) is 9.30. The van der Waals surface area contributed by atoms with Crippen LogP contribution < -0.4 is 0 Å². The third-order valence-electron chi connectivity index (χ3n) is 2.92. The molecule has 12 heavy (non-hydrogen) atoms. The lowest BCUT2D eigenvalue weighted by Gasteiger charge is -2.43. The van der Waals surface area contributed by atoms with E-state index in [1.54, 1.807) is 0 Å². The lowest BCUT2D eigenvalue weighted by atomic mass is 10.1. The van der Waals surface area contributed by atoms with Crippen molar-refractivity contribution in [3.8, 4) is 0 Å². The highest BCUT2D eigenvalue weighted by molar-refractivity contribution is 7.80. The molecule has 1 fully saturated rings. The van der Waals surface area contributed by atoms with E-state index < -0.39 is 0 Å². The fourth-order valence-electron chi connectivity index (χ4n) is 1.75. The number of nitrogens with zero attached hydrogens (tertiary/aromatic N) is 2. The summed E-state index contributed by atoms with van der Waals surface area (Å²) in [7, 11) is 2.20. The van der Waals surface area contributed by atoms with Crippen LogP contribution in [0.4, 0.5) is 0 Å². The van der Waals surface area contributed by atoms with Gasteiger partial charge in [0.2, 0.25) is 0 Å². The first-order valence-electron chi connectivity index (χ1n) is 4.66. The maximum Gasteiger partial charge on any atom is 0.0500 e. The molecular formula is C9H20N2S. The highest BCUT2D eigenvalue weighted by Crippen LogP contribution is 2.16. The van der Waals surface area contributed by atoms with Gasteiger partial charge in [-0.25, -0.2) is 0 Å². The van der Waals surface area contributed by atoms with Crippen molar-refractivity contribution in [1.82, 2.24) is 9.80 Å². The van der Waals surface area contributed by atoms with Gasteiger partial charge in [-0.15, -0.1) is 0 Å². The number of likely N-dealkylation sites (N-methyl/N-ethyl adjacent to an activating group) is 1. The minimum Gasteiger partial charge on any atom is -0.298 e. The Kier molecular flexibility index (Phi) is 3.44. The summed E-state index contributed by atoms with van der Waals surface area (Å²) in [4.78, 5) is 4.87. The quantitative estimate of drug-likeness (QED) is 0.619. The van der Waals surface area contributed by atoms with E-state index in [0.717, 1.165) is 13.1 Å². The van der Waals surface area contributed by atoms with Crippen LogP contribution in [0.25, 0.3) is 0 Å². The molecule has 0 aliphatic carbocycles. The van der Waals surface area contributed by atoms with Crippen molar-refractivity contribution in [2.24, 2.45) is 0 Å². The van der Waals surface area contributed by atoms with Crippen molar-refractivity contribution in [3.63, 3.8) is 0 Å². The van der Waals surface area contributed by atoms with E-state index in [2.05, 4.69) is 50.2 Å². The molecule has 2 nitrogen and oxygen atoms in total. The van der Waals surface area contributed by atoms with Gasteiger partial charge in [0.1, 0.15) is 0 Å². The smallest absolute Gasteiger partial charge is 0.0500 e. The van der Waals surface area contributed by atoms with Crippen LogP contribution >= 0.6 is 12.6 Å². The van der Waals surface area contributed by atoms with Crippen molar-refractivity contribution in [2.45, 2.75) is 38.2 Å². The highest BCUT2D eigenvalue weighted by Gasteiger charge is 2.27. The van der Waals surface area contributed by atoms with Gasteiger partial charge in [-0.3, -0.25) is 9.80 Å². The fraction of sp³-hybridized carbons (Fsp3) is 1.00. The predicted molar refractivity (Wildman–Crippen MR) is 56.7 cm³/mol. The molecule has 0 aromatic carbocycles. The molecule has 3 unspecified atom stereocenters. The van der Waals surface area contributed by atoms with Crippen LogP contribution in [0.15, 0.2) is 0 Å². The van der Waals surface area contributed by atoms with Gasteiger partial charge in [-0.2, -0.15) is 12.6 Å². The number of piperazine rings is 1. The summed E-state index contributed by atoms with van der Waals surface area (Å²) in [5.74, 6) is 0. The second kappa shape index (κ2) is 3.99. The van der Waals surface area contributed by atoms with E-state index in [1.165, 1.54) is 0 Å². The van der Waals surface area contributed by atoms with Crippen molar-refractivity contribution >= 4 is 12.6 Å². The van der Waals surface area contributed by atoms with E-state index in [0.29, 0.717) is 17.5 Å². The molecule has 1 aliphatic heterocycles. The monoisotopic (exact) mass is 188 g/mol. The first kappa shape index (κ1) is 10.4. The van der Waals surface area contributed by atoms with Gasteiger partial charge in [0, 0.05) is 25.2 Å². The van der Waals surface area contributed by atoms with Crippen LogP contribution in [0, 0.1) is 0 Å². The molecule has 0 N–H and O–H groups in total. The SMILES string of the molecule is CC(S)N1CC(C)N(C)C(C)C1. The zero-order valence-corrected chi connectivity index (χ0v) is 9.38. The Balaban J connectivity index is 2.53. The summed E-state index contributed by atoms with van der Waals surface area (Å²) < 4.78 is 0. The normalized spacial score (nSPS) is 36.8. The summed E-state index contributed by atoms with van der Waals surface area (Å²) in [6, 6.07) is 1.31. The number of hydrogen-bond donors (Lipinski definition) is 1. The molecule has 1 aliphatic rings. The molecule has 0 bridgehead atoms. The van der Waals surface area contributed by atoms with Crippen molar-refractivity contribution < 1.29 is 0 Å². The Morgan fingerprint density at radius 3 is 2.00 bits per heavy atom. The lowest BCUT2D eigenvalue weighted by molar-refractivity contribution is 0.0571. The van der Waals surface area contributed by atoms with Crippen molar-refractivity contribution in [1.29, 1.82) is 0 Å². The Labute approximate surface area is 81.3 Å². The summed E-state index contributed by atoms with van der Waals surface area (Å²) in [5.41, 5.74) is 0. The average molecular weight is 188 g/mol. The summed E-state index contributed by atoms with van der Waals surface area (Å²) in [5, 5.41) is 0.392. The molecule has 0 aromatic heterocycles. The van der Waals surface area contributed by atoms with Crippen LogP contribution in [-0.4, -0.2) is 47.4 Å². The minimum absolute atomic E-state index is 0.392. The Bertz CT molecular complexity index is 137. The second-order valence-corrected chi connectivity index (χ2v) is 4.70. The van der Waals surface area contributed by atoms with Gasteiger partial charge in [0.15, 0.2) is 0 Å². The molecule has 0 radical (unpaired) electrons. The molecule has 3 heteroatoms. The van der Waals surface area contributed by atoms with Gasteiger partial charge in [0.25, 0.3) is 0 Å². The topological polar surface area (TPSA) is 6.48 Å². The average Bonchev–Trinajstić information content (AvgIpc) is 1.99. The van der Waals surface area contributed by atoms with Gasteiger partial charge in [-0.05, 0) is 27.8 Å². The fourth-order valence-corrected chi connectivity index (χ4v) is 1.94. The Morgan fingerprint density at radius 2 is 1.67 bits per heavy atom. The van der Waals surface area contributed by atoms with Gasteiger partial charge in [0.05, 0.1) is 5.37 Å². The maximum absolute atomic E-state index is 4.46. The Hall–Kier alpha value is 0.270.